The van der Waals surface area contributed by atoms with Crippen LogP contribution >= 0.6 is 11.8 Å². The lowest BCUT2D eigenvalue weighted by atomic mass is 10.2. The van der Waals surface area contributed by atoms with Crippen molar-refractivity contribution in [1.82, 2.24) is 4.90 Å². The van der Waals surface area contributed by atoms with E-state index in [-0.39, 0.29) is 12.5 Å². The van der Waals surface area contributed by atoms with Gasteiger partial charge in [-0.25, -0.2) is 4.99 Å². The maximum atomic E-state index is 12.6. The van der Waals surface area contributed by atoms with E-state index >= 15 is 0 Å². The number of rotatable bonds is 5. The number of aliphatic imine (C=N–C) groups is 1. The third kappa shape index (κ3) is 4.21. The maximum Gasteiger partial charge on any atom is 0.266 e. The molecule has 0 aromatic heterocycles. The summed E-state index contributed by atoms with van der Waals surface area (Å²) >= 11 is 1.35. The van der Waals surface area contributed by atoms with Crippen molar-refractivity contribution in [3.8, 4) is 23.8 Å². The first-order valence-corrected chi connectivity index (χ1v) is 9.41. The topological polar surface area (TPSA) is 51.1 Å². The Kier molecular flexibility index (Phi) is 6.07. The van der Waals surface area contributed by atoms with Crippen LogP contribution < -0.4 is 9.47 Å². The van der Waals surface area contributed by atoms with Crippen molar-refractivity contribution < 1.29 is 14.3 Å². The molecule has 0 bridgehead atoms. The summed E-state index contributed by atoms with van der Waals surface area (Å²) in [7, 11) is 3.29. The minimum atomic E-state index is -0.0936. The average Bonchev–Trinajstić information content (AvgIpc) is 2.96. The summed E-state index contributed by atoms with van der Waals surface area (Å²) in [5, 5.41) is 0.645. The molecule has 1 fully saturated rings. The molecular formula is C22H20N2O3S. The number of amidine groups is 1. The number of amides is 1. The minimum Gasteiger partial charge on any atom is -0.493 e. The summed E-state index contributed by atoms with van der Waals surface area (Å²) in [4.78, 5) is 19.4. The Morgan fingerprint density at radius 1 is 1.25 bits per heavy atom. The lowest BCUT2D eigenvalue weighted by Gasteiger charge is -2.09. The molecule has 0 unspecified atom stereocenters. The van der Waals surface area contributed by atoms with Crippen molar-refractivity contribution in [1.29, 1.82) is 0 Å². The Morgan fingerprint density at radius 3 is 2.75 bits per heavy atom. The Morgan fingerprint density at radius 2 is 2.04 bits per heavy atom. The minimum absolute atomic E-state index is 0.0936. The Labute approximate surface area is 169 Å². The van der Waals surface area contributed by atoms with Crippen LogP contribution in [0.25, 0.3) is 6.08 Å². The molecule has 0 N–H and O–H groups in total. The second-order valence-corrected chi connectivity index (χ2v) is 7.07. The van der Waals surface area contributed by atoms with Crippen molar-refractivity contribution >= 4 is 34.6 Å². The zero-order valence-corrected chi connectivity index (χ0v) is 16.7. The number of likely N-dealkylation sites (N-methyl/N-ethyl adjacent to an activating group) is 1. The van der Waals surface area contributed by atoms with Gasteiger partial charge in [0.2, 0.25) is 0 Å². The second-order valence-electron chi connectivity index (χ2n) is 6.06. The van der Waals surface area contributed by atoms with E-state index < -0.39 is 0 Å². The molecule has 5 nitrogen and oxygen atoms in total. The third-order valence-corrected chi connectivity index (χ3v) is 5.19. The normalized spacial score (nSPS) is 16.5. The number of ether oxygens (including phenoxy) is 2. The molecule has 2 aromatic carbocycles. The molecule has 0 saturated carbocycles. The molecule has 28 heavy (non-hydrogen) atoms. The van der Waals surface area contributed by atoms with Crippen LogP contribution in [-0.4, -0.2) is 36.7 Å². The number of thioether (sulfide) groups is 1. The molecule has 1 aliphatic rings. The van der Waals surface area contributed by atoms with Gasteiger partial charge in [-0.2, -0.15) is 0 Å². The Balaban J connectivity index is 1.88. The van der Waals surface area contributed by atoms with Gasteiger partial charge in [-0.05, 0) is 54.1 Å². The van der Waals surface area contributed by atoms with Crippen molar-refractivity contribution in [3.63, 3.8) is 0 Å². The van der Waals surface area contributed by atoms with Gasteiger partial charge >= 0.3 is 0 Å². The largest absolute Gasteiger partial charge is 0.493 e. The summed E-state index contributed by atoms with van der Waals surface area (Å²) in [6.45, 7) is 2.16. The first-order chi connectivity index (χ1) is 13.5. The summed E-state index contributed by atoms with van der Waals surface area (Å²) < 4.78 is 10.8. The highest BCUT2D eigenvalue weighted by Crippen LogP contribution is 2.35. The Bertz CT molecular complexity index is 1010. The van der Waals surface area contributed by atoms with Crippen molar-refractivity contribution in [3.05, 3.63) is 58.5 Å². The van der Waals surface area contributed by atoms with E-state index in [9.17, 15) is 4.79 Å². The molecule has 0 radical (unpaired) electrons. The van der Waals surface area contributed by atoms with Crippen LogP contribution in [0.1, 0.15) is 11.1 Å². The SMILES string of the molecule is C#CCOc1ccc(/C=C2\SC(=Nc3ccccc3C)N(C)C2=O)cc1OC. The number of carbonyl (C=O) groups excluding carboxylic acids is 1. The van der Waals surface area contributed by atoms with Gasteiger partial charge in [-0.3, -0.25) is 9.69 Å². The van der Waals surface area contributed by atoms with E-state index in [4.69, 9.17) is 15.9 Å². The molecule has 1 saturated heterocycles. The third-order valence-electron chi connectivity index (χ3n) is 4.13. The van der Waals surface area contributed by atoms with Crippen LogP contribution in [0.5, 0.6) is 11.5 Å². The first-order valence-electron chi connectivity index (χ1n) is 8.59. The fourth-order valence-electron chi connectivity index (χ4n) is 2.61. The molecule has 0 atom stereocenters. The van der Waals surface area contributed by atoms with Crippen molar-refractivity contribution in [2.24, 2.45) is 4.99 Å². The van der Waals surface area contributed by atoms with E-state index in [1.807, 2.05) is 49.4 Å². The van der Waals surface area contributed by atoms with Gasteiger partial charge in [0.25, 0.3) is 5.91 Å². The predicted molar refractivity (Wildman–Crippen MR) is 114 cm³/mol. The van der Waals surface area contributed by atoms with Gasteiger partial charge in [0, 0.05) is 7.05 Å². The Hall–Kier alpha value is -3.17. The van der Waals surface area contributed by atoms with E-state index in [0.29, 0.717) is 21.6 Å². The lowest BCUT2D eigenvalue weighted by molar-refractivity contribution is -0.121. The molecule has 142 valence electrons. The highest BCUT2D eigenvalue weighted by Gasteiger charge is 2.30. The van der Waals surface area contributed by atoms with Crippen molar-refractivity contribution in [2.75, 3.05) is 20.8 Å². The number of carbonyl (C=O) groups is 1. The zero-order valence-electron chi connectivity index (χ0n) is 15.9. The van der Waals surface area contributed by atoms with E-state index in [2.05, 4.69) is 10.9 Å². The molecule has 2 aromatic rings. The molecule has 1 heterocycles. The summed E-state index contributed by atoms with van der Waals surface area (Å²) in [6, 6.07) is 13.3. The van der Waals surface area contributed by atoms with E-state index in [1.165, 1.54) is 11.8 Å². The highest BCUT2D eigenvalue weighted by atomic mass is 32.2. The fraction of sp³-hybridized carbons (Fsp3) is 0.182. The number of aryl methyl sites for hydroxylation is 1. The summed E-state index contributed by atoms with van der Waals surface area (Å²) in [5.41, 5.74) is 2.73. The van der Waals surface area contributed by atoms with Crippen LogP contribution in [0.4, 0.5) is 5.69 Å². The van der Waals surface area contributed by atoms with E-state index in [0.717, 1.165) is 16.8 Å². The lowest BCUT2D eigenvalue weighted by Crippen LogP contribution is -2.23. The molecule has 3 rings (SSSR count). The molecule has 0 aliphatic carbocycles. The number of para-hydroxylation sites is 1. The summed E-state index contributed by atoms with van der Waals surface area (Å²) in [6.07, 6.45) is 7.05. The molecule has 1 amide bonds. The molecule has 1 aliphatic heterocycles. The number of methoxy groups -OCH3 is 1. The predicted octanol–water partition coefficient (Wildman–Crippen LogP) is 4.25. The maximum absolute atomic E-state index is 12.6. The van der Waals surface area contributed by atoms with Gasteiger partial charge in [0.05, 0.1) is 17.7 Å². The van der Waals surface area contributed by atoms with Gasteiger partial charge in [-0.1, -0.05) is 30.2 Å². The van der Waals surface area contributed by atoms with Gasteiger partial charge in [0.15, 0.2) is 16.7 Å². The molecule has 0 spiro atoms. The quantitative estimate of drug-likeness (QED) is 0.564. The molecular weight excluding hydrogens is 372 g/mol. The highest BCUT2D eigenvalue weighted by molar-refractivity contribution is 8.18. The van der Waals surface area contributed by atoms with Crippen LogP contribution in [0.2, 0.25) is 0 Å². The van der Waals surface area contributed by atoms with Gasteiger partial charge in [0.1, 0.15) is 6.61 Å². The number of terminal acetylenes is 1. The monoisotopic (exact) mass is 392 g/mol. The molecule has 6 heteroatoms. The van der Waals surface area contributed by atoms with Crippen LogP contribution in [-0.2, 0) is 4.79 Å². The second kappa shape index (κ2) is 8.68. The number of hydrogen-bond acceptors (Lipinski definition) is 5. The van der Waals surface area contributed by atoms with Gasteiger partial charge < -0.3 is 9.47 Å². The van der Waals surface area contributed by atoms with Crippen LogP contribution in [0, 0.1) is 19.3 Å². The number of benzene rings is 2. The number of hydrogen-bond donors (Lipinski definition) is 0. The number of nitrogens with zero attached hydrogens (tertiary/aromatic N) is 2. The zero-order chi connectivity index (χ0) is 20.1. The van der Waals surface area contributed by atoms with Crippen molar-refractivity contribution in [2.45, 2.75) is 6.92 Å². The smallest absolute Gasteiger partial charge is 0.266 e. The standard InChI is InChI=1S/C22H20N2O3S/c1-5-12-27-18-11-10-16(13-19(18)26-4)14-20-21(25)24(3)22(28-20)23-17-9-7-6-8-15(17)2/h1,6-11,13-14H,12H2,2-4H3/b20-14-,23-22?. The van der Waals surface area contributed by atoms with Crippen LogP contribution in [0.15, 0.2) is 52.4 Å². The fourth-order valence-corrected chi connectivity index (χ4v) is 3.59. The van der Waals surface area contributed by atoms with E-state index in [1.54, 1.807) is 25.1 Å². The summed E-state index contributed by atoms with van der Waals surface area (Å²) in [5.74, 6) is 3.45. The average molecular weight is 392 g/mol. The van der Waals surface area contributed by atoms with Crippen LogP contribution in [0.3, 0.4) is 0 Å². The first kappa shape index (κ1) is 19.6. The van der Waals surface area contributed by atoms with Gasteiger partial charge in [-0.15, -0.1) is 6.42 Å².